The smallest absolute Gasteiger partial charge is 0.371 e. The second-order valence-corrected chi connectivity index (χ2v) is 4.31. The zero-order chi connectivity index (χ0) is 12.3. The number of unbranched alkanes of at least 4 members (excludes halogenated alkanes) is 3. The van der Waals surface area contributed by atoms with Gasteiger partial charge in [-0.05, 0) is 19.4 Å². The Morgan fingerprint density at radius 2 is 1.69 bits per heavy atom. The first-order valence-electron chi connectivity index (χ1n) is 5.47. The Hall–Kier alpha value is 0.190. The van der Waals surface area contributed by atoms with Gasteiger partial charge < -0.3 is 10.1 Å². The van der Waals surface area contributed by atoms with E-state index < -0.39 is 12.8 Å². The fraction of sp³-hybridized carbons (Fsp3) is 1.00. The fourth-order valence-corrected chi connectivity index (χ4v) is 1.55. The molecule has 0 fully saturated rings. The molecule has 0 aromatic carbocycles. The molecule has 0 saturated carbocycles. The average Bonchev–Trinajstić information content (AvgIpc) is 2.19. The van der Waals surface area contributed by atoms with E-state index in [2.05, 4.69) is 26.0 Å². The molecular weight excluding hydrogens is 287 g/mol. The van der Waals surface area contributed by atoms with E-state index in [1.54, 1.807) is 0 Å². The molecule has 6 heteroatoms. The minimum absolute atomic E-state index is 0.112. The molecule has 2 nitrogen and oxygen atoms in total. The lowest BCUT2D eigenvalue weighted by Gasteiger charge is -2.08. The molecule has 0 aromatic heterocycles. The van der Waals surface area contributed by atoms with E-state index in [9.17, 15) is 13.2 Å². The van der Waals surface area contributed by atoms with Crippen molar-refractivity contribution in [2.75, 3.05) is 31.6 Å². The van der Waals surface area contributed by atoms with Crippen LogP contribution < -0.4 is 5.32 Å². The van der Waals surface area contributed by atoms with Crippen LogP contribution in [0.5, 0.6) is 0 Å². The Labute approximate surface area is 103 Å². The van der Waals surface area contributed by atoms with Crippen molar-refractivity contribution in [2.45, 2.75) is 31.9 Å². The van der Waals surface area contributed by atoms with Crippen LogP contribution in [0.3, 0.4) is 0 Å². The zero-order valence-corrected chi connectivity index (χ0v) is 10.9. The maximum absolute atomic E-state index is 11.7. The summed E-state index contributed by atoms with van der Waals surface area (Å²) in [5, 5.41) is 4.08. The number of ether oxygens (including phenoxy) is 1. The Bertz CT molecular complexity index is 155. The van der Waals surface area contributed by atoms with Crippen molar-refractivity contribution in [3.63, 3.8) is 0 Å². The number of hydrogen-bond donors (Lipinski definition) is 1. The van der Waals surface area contributed by atoms with Gasteiger partial charge in [-0.15, -0.1) is 0 Å². The predicted molar refractivity (Wildman–Crippen MR) is 62.0 cm³/mol. The molecule has 0 bridgehead atoms. The molecule has 0 aliphatic carbocycles. The van der Waals surface area contributed by atoms with Crippen molar-refractivity contribution >= 4 is 15.9 Å². The molecule has 16 heavy (non-hydrogen) atoms. The second kappa shape index (κ2) is 10.4. The first-order chi connectivity index (χ1) is 7.56. The van der Waals surface area contributed by atoms with Gasteiger partial charge in [0.25, 0.3) is 0 Å². The highest BCUT2D eigenvalue weighted by Gasteiger charge is 2.27. The van der Waals surface area contributed by atoms with Crippen LogP contribution in [-0.4, -0.2) is 37.8 Å². The fourth-order valence-electron chi connectivity index (χ4n) is 1.16. The predicted octanol–water partition coefficient (Wildman–Crippen LogP) is 3.11. The van der Waals surface area contributed by atoms with Gasteiger partial charge in [0.2, 0.25) is 0 Å². The van der Waals surface area contributed by atoms with Crippen molar-refractivity contribution in [2.24, 2.45) is 0 Å². The van der Waals surface area contributed by atoms with Crippen molar-refractivity contribution in [3.8, 4) is 0 Å². The molecule has 0 rings (SSSR count). The van der Waals surface area contributed by atoms with Crippen LogP contribution in [0.1, 0.15) is 25.7 Å². The Morgan fingerprint density at radius 1 is 1.00 bits per heavy atom. The number of rotatable bonds is 10. The third-order valence-corrected chi connectivity index (χ3v) is 2.49. The number of hydrogen-bond acceptors (Lipinski definition) is 2. The Kier molecular flexibility index (Phi) is 10.5. The van der Waals surface area contributed by atoms with Gasteiger partial charge in [0.1, 0.15) is 6.61 Å². The summed E-state index contributed by atoms with van der Waals surface area (Å²) in [6.45, 7) is 0.285. The van der Waals surface area contributed by atoms with Crippen LogP contribution in [0.15, 0.2) is 0 Å². The average molecular weight is 306 g/mol. The molecule has 0 aliphatic rings. The molecule has 0 heterocycles. The molecule has 0 aliphatic heterocycles. The maximum Gasteiger partial charge on any atom is 0.411 e. The van der Waals surface area contributed by atoms with E-state index in [0.717, 1.165) is 24.7 Å². The highest BCUT2D eigenvalue weighted by molar-refractivity contribution is 9.09. The molecule has 0 unspecified atom stereocenters. The largest absolute Gasteiger partial charge is 0.411 e. The summed E-state index contributed by atoms with van der Waals surface area (Å²) in [5.74, 6) is 0. The molecule has 0 amide bonds. The minimum Gasteiger partial charge on any atom is -0.371 e. The van der Waals surface area contributed by atoms with E-state index in [0.29, 0.717) is 6.54 Å². The topological polar surface area (TPSA) is 21.3 Å². The molecule has 0 spiro atoms. The lowest BCUT2D eigenvalue weighted by atomic mass is 10.2. The van der Waals surface area contributed by atoms with Crippen LogP contribution in [-0.2, 0) is 4.74 Å². The summed E-state index contributed by atoms with van der Waals surface area (Å²) in [4.78, 5) is 0. The van der Waals surface area contributed by atoms with Crippen molar-refractivity contribution in [1.29, 1.82) is 0 Å². The van der Waals surface area contributed by atoms with Crippen LogP contribution >= 0.6 is 15.9 Å². The third-order valence-electron chi connectivity index (χ3n) is 1.93. The lowest BCUT2D eigenvalue weighted by Crippen LogP contribution is -2.24. The first-order valence-corrected chi connectivity index (χ1v) is 6.59. The Balaban J connectivity index is 2.99. The van der Waals surface area contributed by atoms with Gasteiger partial charge in [-0.1, -0.05) is 28.8 Å². The quantitative estimate of drug-likeness (QED) is 0.495. The van der Waals surface area contributed by atoms with Gasteiger partial charge in [-0.3, -0.25) is 0 Å². The zero-order valence-electron chi connectivity index (χ0n) is 9.28. The molecule has 0 saturated heterocycles. The van der Waals surface area contributed by atoms with Gasteiger partial charge in [-0.2, -0.15) is 13.2 Å². The number of nitrogens with one attached hydrogen (secondary N) is 1. The van der Waals surface area contributed by atoms with Gasteiger partial charge >= 0.3 is 6.18 Å². The van der Waals surface area contributed by atoms with Crippen LogP contribution in [0.25, 0.3) is 0 Å². The molecule has 98 valence electrons. The SMILES string of the molecule is FC(F)(F)COCCNCCCCCCBr. The molecular formula is C10H19BrF3NO. The van der Waals surface area contributed by atoms with E-state index in [-0.39, 0.29) is 6.61 Å². The summed E-state index contributed by atoms with van der Waals surface area (Å²) < 4.78 is 39.4. The molecule has 1 N–H and O–H groups in total. The molecule has 0 radical (unpaired) electrons. The number of halogens is 4. The van der Waals surface area contributed by atoms with Gasteiger partial charge in [0.15, 0.2) is 0 Å². The van der Waals surface area contributed by atoms with Crippen LogP contribution in [0.4, 0.5) is 13.2 Å². The van der Waals surface area contributed by atoms with E-state index in [1.807, 2.05) is 0 Å². The second-order valence-electron chi connectivity index (χ2n) is 3.52. The molecule has 0 aromatic rings. The maximum atomic E-state index is 11.7. The van der Waals surface area contributed by atoms with Crippen LogP contribution in [0, 0.1) is 0 Å². The standard InChI is InChI=1S/C10H19BrF3NO/c11-5-3-1-2-4-6-15-7-8-16-9-10(12,13)14/h15H,1-9H2. The van der Waals surface area contributed by atoms with E-state index >= 15 is 0 Å². The van der Waals surface area contributed by atoms with Crippen molar-refractivity contribution in [3.05, 3.63) is 0 Å². The normalized spacial score (nSPS) is 12.0. The minimum atomic E-state index is -4.21. The van der Waals surface area contributed by atoms with E-state index in [4.69, 9.17) is 0 Å². The van der Waals surface area contributed by atoms with Crippen molar-refractivity contribution in [1.82, 2.24) is 5.32 Å². The van der Waals surface area contributed by atoms with Crippen LogP contribution in [0.2, 0.25) is 0 Å². The third kappa shape index (κ3) is 14.2. The summed E-state index contributed by atoms with van der Waals surface area (Å²) >= 11 is 3.35. The van der Waals surface area contributed by atoms with Gasteiger partial charge in [-0.25, -0.2) is 0 Å². The lowest BCUT2D eigenvalue weighted by molar-refractivity contribution is -0.173. The summed E-state index contributed by atoms with van der Waals surface area (Å²) in [6.07, 6.45) is 0.371. The highest BCUT2D eigenvalue weighted by Crippen LogP contribution is 2.13. The number of alkyl halides is 4. The van der Waals surface area contributed by atoms with Gasteiger partial charge in [0.05, 0.1) is 6.61 Å². The summed E-state index contributed by atoms with van der Waals surface area (Å²) in [5.41, 5.74) is 0. The Morgan fingerprint density at radius 3 is 2.31 bits per heavy atom. The monoisotopic (exact) mass is 305 g/mol. The summed E-state index contributed by atoms with van der Waals surface area (Å²) in [7, 11) is 0. The summed E-state index contributed by atoms with van der Waals surface area (Å²) in [6, 6.07) is 0. The van der Waals surface area contributed by atoms with Crippen molar-refractivity contribution < 1.29 is 17.9 Å². The molecule has 0 atom stereocenters. The van der Waals surface area contributed by atoms with Gasteiger partial charge in [0, 0.05) is 11.9 Å². The van der Waals surface area contributed by atoms with E-state index in [1.165, 1.54) is 12.8 Å². The first kappa shape index (κ1) is 16.2. The highest BCUT2D eigenvalue weighted by atomic mass is 79.9.